The molecule has 0 aliphatic carbocycles. The summed E-state index contributed by atoms with van der Waals surface area (Å²) >= 11 is 0. The van der Waals surface area contributed by atoms with Crippen molar-refractivity contribution < 1.29 is 8.95 Å². The van der Waals surface area contributed by atoms with E-state index in [0.29, 0.717) is 30.8 Å². The molecule has 0 fully saturated rings. The average molecular weight is 287 g/mol. The molecule has 0 spiro atoms. The van der Waals surface area contributed by atoms with E-state index in [0.717, 1.165) is 0 Å². The molecule has 7 nitrogen and oxygen atoms in total. The van der Waals surface area contributed by atoms with Crippen molar-refractivity contribution in [1.29, 1.82) is 0 Å². The van der Waals surface area contributed by atoms with Crippen LogP contribution in [0.15, 0.2) is 0 Å². The van der Waals surface area contributed by atoms with Crippen molar-refractivity contribution in [2.45, 2.75) is 26.8 Å². The second-order valence-electron chi connectivity index (χ2n) is 4.01. The van der Waals surface area contributed by atoms with Gasteiger partial charge in [0, 0.05) is 35.4 Å². The van der Waals surface area contributed by atoms with Gasteiger partial charge in [-0.25, -0.2) is 0 Å². The van der Waals surface area contributed by atoms with Crippen LogP contribution in [0.2, 0.25) is 0 Å². The van der Waals surface area contributed by atoms with Gasteiger partial charge in [-0.1, -0.05) is 0 Å². The van der Waals surface area contributed by atoms with Gasteiger partial charge in [0.1, 0.15) is 0 Å². The second-order valence-corrected chi connectivity index (χ2v) is 5.49. The van der Waals surface area contributed by atoms with E-state index >= 15 is 0 Å². The zero-order chi connectivity index (χ0) is 14.3. The molecule has 0 aliphatic rings. The van der Waals surface area contributed by atoms with Crippen LogP contribution in [0.4, 0.5) is 11.9 Å². The molecule has 1 aromatic heterocycles. The third kappa shape index (κ3) is 5.82. The zero-order valence-electron chi connectivity index (χ0n) is 11.8. The SMILES string of the molecule is CCNc1nc(NC(C)CS(C)=O)nc(OCC)n1. The molecule has 2 N–H and O–H groups in total. The van der Waals surface area contributed by atoms with Crippen molar-refractivity contribution in [3.05, 3.63) is 0 Å². The first-order valence-corrected chi connectivity index (χ1v) is 7.97. The minimum absolute atomic E-state index is 0.0113. The summed E-state index contributed by atoms with van der Waals surface area (Å²) in [5.74, 6) is 1.42. The van der Waals surface area contributed by atoms with Crippen molar-refractivity contribution in [3.8, 4) is 6.01 Å². The highest BCUT2D eigenvalue weighted by atomic mass is 32.2. The molecular formula is C11H21N5O2S. The Morgan fingerprint density at radius 2 is 1.95 bits per heavy atom. The monoisotopic (exact) mass is 287 g/mol. The summed E-state index contributed by atoms with van der Waals surface area (Å²) < 4.78 is 16.5. The Morgan fingerprint density at radius 1 is 1.26 bits per heavy atom. The second kappa shape index (κ2) is 7.88. The van der Waals surface area contributed by atoms with Crippen LogP contribution in [0.1, 0.15) is 20.8 Å². The molecule has 0 saturated carbocycles. The zero-order valence-corrected chi connectivity index (χ0v) is 12.6. The molecule has 1 aromatic rings. The smallest absolute Gasteiger partial charge is 0.323 e. The van der Waals surface area contributed by atoms with Gasteiger partial charge in [0.2, 0.25) is 11.9 Å². The van der Waals surface area contributed by atoms with E-state index in [2.05, 4.69) is 25.6 Å². The van der Waals surface area contributed by atoms with Gasteiger partial charge >= 0.3 is 6.01 Å². The number of hydrogen-bond acceptors (Lipinski definition) is 7. The summed E-state index contributed by atoms with van der Waals surface area (Å²) in [6.07, 6.45) is 1.67. The quantitative estimate of drug-likeness (QED) is 0.733. The Morgan fingerprint density at radius 3 is 2.53 bits per heavy atom. The Kier molecular flexibility index (Phi) is 6.48. The molecule has 0 saturated heterocycles. The predicted molar refractivity (Wildman–Crippen MR) is 77.2 cm³/mol. The van der Waals surface area contributed by atoms with Crippen molar-refractivity contribution in [2.24, 2.45) is 0 Å². The van der Waals surface area contributed by atoms with Gasteiger partial charge in [-0.3, -0.25) is 4.21 Å². The molecule has 1 heterocycles. The first-order valence-electron chi connectivity index (χ1n) is 6.24. The van der Waals surface area contributed by atoms with E-state index < -0.39 is 10.8 Å². The van der Waals surface area contributed by atoms with Gasteiger partial charge in [0.05, 0.1) is 6.61 Å². The molecule has 0 amide bonds. The maximum absolute atomic E-state index is 11.2. The topological polar surface area (TPSA) is 89.0 Å². The largest absolute Gasteiger partial charge is 0.464 e. The van der Waals surface area contributed by atoms with Crippen LogP contribution in [-0.2, 0) is 10.8 Å². The van der Waals surface area contributed by atoms with E-state index in [1.54, 1.807) is 6.26 Å². The molecule has 0 aliphatic heterocycles. The normalized spacial score (nSPS) is 13.7. The fourth-order valence-electron chi connectivity index (χ4n) is 1.47. The Labute approximate surface area is 116 Å². The Hall–Kier alpha value is -1.44. The molecule has 19 heavy (non-hydrogen) atoms. The summed E-state index contributed by atoms with van der Waals surface area (Å²) in [4.78, 5) is 12.5. The van der Waals surface area contributed by atoms with Gasteiger partial charge in [-0.15, -0.1) is 0 Å². The molecule has 0 radical (unpaired) electrons. The van der Waals surface area contributed by atoms with Crippen LogP contribution in [0.5, 0.6) is 6.01 Å². The highest BCUT2D eigenvalue weighted by Crippen LogP contribution is 2.12. The van der Waals surface area contributed by atoms with Crippen LogP contribution in [0, 0.1) is 0 Å². The van der Waals surface area contributed by atoms with Crippen molar-refractivity contribution in [3.63, 3.8) is 0 Å². The predicted octanol–water partition coefficient (Wildman–Crippen LogP) is 0.881. The lowest BCUT2D eigenvalue weighted by Gasteiger charge is -2.13. The average Bonchev–Trinajstić information content (AvgIpc) is 2.28. The summed E-state index contributed by atoms with van der Waals surface area (Å²) in [5.41, 5.74) is 0. The van der Waals surface area contributed by atoms with Crippen LogP contribution >= 0.6 is 0 Å². The van der Waals surface area contributed by atoms with E-state index in [1.807, 2.05) is 20.8 Å². The number of anilines is 2. The fraction of sp³-hybridized carbons (Fsp3) is 0.727. The van der Waals surface area contributed by atoms with Crippen LogP contribution in [0.3, 0.4) is 0 Å². The van der Waals surface area contributed by atoms with E-state index in [9.17, 15) is 4.21 Å². The number of nitrogens with one attached hydrogen (secondary N) is 2. The van der Waals surface area contributed by atoms with Crippen LogP contribution in [-0.4, -0.2) is 50.4 Å². The van der Waals surface area contributed by atoms with Crippen molar-refractivity contribution in [2.75, 3.05) is 35.8 Å². The molecule has 2 atom stereocenters. The molecule has 108 valence electrons. The number of ether oxygens (including phenoxy) is 1. The van der Waals surface area contributed by atoms with Gasteiger partial charge in [-0.2, -0.15) is 15.0 Å². The van der Waals surface area contributed by atoms with Crippen molar-refractivity contribution >= 4 is 22.7 Å². The molecule has 2 unspecified atom stereocenters. The van der Waals surface area contributed by atoms with Crippen LogP contribution < -0.4 is 15.4 Å². The minimum Gasteiger partial charge on any atom is -0.464 e. The highest BCUT2D eigenvalue weighted by Gasteiger charge is 2.10. The summed E-state index contributed by atoms with van der Waals surface area (Å²) in [6.45, 7) is 6.96. The number of nitrogens with zero attached hydrogens (tertiary/aromatic N) is 3. The summed E-state index contributed by atoms with van der Waals surface area (Å²) in [5, 5.41) is 6.11. The molecule has 1 rings (SSSR count). The lowest BCUT2D eigenvalue weighted by molar-refractivity contribution is 0.312. The summed E-state index contributed by atoms with van der Waals surface area (Å²) in [6, 6.07) is 0.290. The number of aromatic nitrogens is 3. The molecular weight excluding hydrogens is 266 g/mol. The van der Waals surface area contributed by atoms with Crippen molar-refractivity contribution in [1.82, 2.24) is 15.0 Å². The minimum atomic E-state index is -0.867. The fourth-order valence-corrected chi connectivity index (χ4v) is 2.25. The lowest BCUT2D eigenvalue weighted by Crippen LogP contribution is -2.24. The maximum atomic E-state index is 11.2. The first kappa shape index (κ1) is 15.6. The highest BCUT2D eigenvalue weighted by molar-refractivity contribution is 7.84. The van der Waals surface area contributed by atoms with Gasteiger partial charge in [0.25, 0.3) is 0 Å². The molecule has 0 aromatic carbocycles. The van der Waals surface area contributed by atoms with E-state index in [4.69, 9.17) is 4.74 Å². The summed E-state index contributed by atoms with van der Waals surface area (Å²) in [7, 11) is -0.867. The number of rotatable bonds is 8. The van der Waals surface area contributed by atoms with Gasteiger partial charge < -0.3 is 15.4 Å². The third-order valence-electron chi connectivity index (χ3n) is 2.08. The first-order chi connectivity index (χ1) is 9.05. The van der Waals surface area contributed by atoms with Crippen LogP contribution in [0.25, 0.3) is 0 Å². The van der Waals surface area contributed by atoms with Gasteiger partial charge in [0.15, 0.2) is 0 Å². The third-order valence-corrected chi connectivity index (χ3v) is 3.05. The standard InChI is InChI=1S/C11H21N5O2S/c1-5-12-9-14-10(13-8(3)7-19(4)17)16-11(15-9)18-6-2/h8H,5-7H2,1-4H3,(H2,12,13,14,15,16). The molecule has 0 bridgehead atoms. The van der Waals surface area contributed by atoms with E-state index in [1.165, 1.54) is 0 Å². The van der Waals surface area contributed by atoms with E-state index in [-0.39, 0.29) is 12.1 Å². The Bertz CT molecular complexity index is 405. The maximum Gasteiger partial charge on any atom is 0.323 e. The number of hydrogen-bond donors (Lipinski definition) is 2. The lowest BCUT2D eigenvalue weighted by atomic mass is 10.4. The Balaban J connectivity index is 2.82. The van der Waals surface area contributed by atoms with Gasteiger partial charge in [-0.05, 0) is 20.8 Å². The molecule has 8 heteroatoms.